The van der Waals surface area contributed by atoms with E-state index in [1.807, 2.05) is 0 Å². The van der Waals surface area contributed by atoms with Crippen LogP contribution in [0.3, 0.4) is 0 Å². The maximum Gasteiger partial charge on any atom is 0.483 e. The summed E-state index contributed by atoms with van der Waals surface area (Å²) in [5, 5.41) is 0. The summed E-state index contributed by atoms with van der Waals surface area (Å²) in [5.74, 6) is 0.292. The summed E-state index contributed by atoms with van der Waals surface area (Å²) >= 11 is 2.32. The van der Waals surface area contributed by atoms with Crippen molar-refractivity contribution >= 4 is 21.9 Å². The summed E-state index contributed by atoms with van der Waals surface area (Å²) in [4.78, 5) is 0. The number of para-hydroxylation sites is 1. The molecule has 1 aromatic carbocycles. The highest BCUT2D eigenvalue weighted by Crippen LogP contribution is 2.56. The second kappa shape index (κ2) is 3.58. The number of aryl methyl sites for hydroxylation is 1. The lowest BCUT2D eigenvalue weighted by atomic mass is 10.2. The summed E-state index contributed by atoms with van der Waals surface area (Å²) in [7, 11) is 0. The highest BCUT2D eigenvalue weighted by atomic mass is 79.9. The number of benzene rings is 1. The predicted molar refractivity (Wildman–Crippen MR) is 49.4 cm³/mol. The molecule has 1 aromatic rings. The van der Waals surface area contributed by atoms with Crippen LogP contribution in [0.4, 0.5) is 4.20 Å². The van der Waals surface area contributed by atoms with Gasteiger partial charge >= 0.3 is 6.38 Å². The molecule has 12 heavy (non-hydrogen) atoms. The lowest BCUT2D eigenvalue weighted by Crippen LogP contribution is -1.84. The van der Waals surface area contributed by atoms with Crippen molar-refractivity contribution in [3.05, 3.63) is 29.8 Å². The zero-order valence-corrected chi connectivity index (χ0v) is 8.81. The molecule has 0 saturated carbocycles. The van der Waals surface area contributed by atoms with Gasteiger partial charge < -0.3 is 4.52 Å². The van der Waals surface area contributed by atoms with Crippen LogP contribution in [0.1, 0.15) is 5.56 Å². The van der Waals surface area contributed by atoms with E-state index < -0.39 is 6.38 Å². The summed E-state index contributed by atoms with van der Waals surface area (Å²) in [6.45, 7) is 1.75. The number of hydrogen-bond donors (Lipinski definition) is 0. The van der Waals surface area contributed by atoms with Crippen molar-refractivity contribution in [3.8, 4) is 5.75 Å². The highest BCUT2D eigenvalue weighted by Gasteiger charge is 2.18. The fraction of sp³-hybridized carbons (Fsp3) is 0.143. The fourth-order valence-corrected chi connectivity index (χ4v) is 1.68. The third-order valence-corrected chi connectivity index (χ3v) is 2.14. The molecular formula is C7H7BrFO2P. The molecule has 0 radical (unpaired) electrons. The molecule has 0 bridgehead atoms. The van der Waals surface area contributed by atoms with E-state index in [4.69, 9.17) is 0 Å². The number of hydrogen-bond acceptors (Lipinski definition) is 2. The van der Waals surface area contributed by atoms with Gasteiger partial charge in [0.05, 0.1) is 15.5 Å². The Morgan fingerprint density at radius 3 is 2.58 bits per heavy atom. The SMILES string of the molecule is Cc1ccccc1OP(=O)(F)Br. The molecule has 0 aliphatic carbocycles. The smallest absolute Gasteiger partial charge is 0.414 e. The Labute approximate surface area is 78.1 Å². The second-order valence-electron chi connectivity index (χ2n) is 2.27. The van der Waals surface area contributed by atoms with Crippen LogP contribution in [0.2, 0.25) is 0 Å². The summed E-state index contributed by atoms with van der Waals surface area (Å²) < 4.78 is 27.6. The second-order valence-corrected chi connectivity index (χ2v) is 5.82. The van der Waals surface area contributed by atoms with Crippen molar-refractivity contribution in [1.82, 2.24) is 0 Å². The molecule has 0 aliphatic heterocycles. The fourth-order valence-electron chi connectivity index (χ4n) is 0.773. The third-order valence-electron chi connectivity index (χ3n) is 1.30. The average Bonchev–Trinajstić information content (AvgIpc) is 1.91. The van der Waals surface area contributed by atoms with E-state index in [9.17, 15) is 8.76 Å². The maximum atomic E-state index is 12.5. The van der Waals surface area contributed by atoms with Crippen molar-refractivity contribution in [2.24, 2.45) is 0 Å². The van der Waals surface area contributed by atoms with Crippen molar-refractivity contribution in [2.45, 2.75) is 6.92 Å². The van der Waals surface area contributed by atoms with Crippen molar-refractivity contribution in [3.63, 3.8) is 0 Å². The lowest BCUT2D eigenvalue weighted by Gasteiger charge is -2.06. The average molecular weight is 253 g/mol. The Morgan fingerprint density at radius 2 is 2.08 bits per heavy atom. The molecule has 2 nitrogen and oxygen atoms in total. The first-order valence-electron chi connectivity index (χ1n) is 3.23. The van der Waals surface area contributed by atoms with E-state index >= 15 is 0 Å². The quantitative estimate of drug-likeness (QED) is 0.748. The minimum atomic E-state index is -4.10. The Hall–Kier alpha value is -0.340. The minimum absolute atomic E-state index is 0.292. The lowest BCUT2D eigenvalue weighted by molar-refractivity contribution is 0.457. The first kappa shape index (κ1) is 9.75. The van der Waals surface area contributed by atoms with Gasteiger partial charge in [0, 0.05) is 0 Å². The van der Waals surface area contributed by atoms with E-state index in [0.29, 0.717) is 5.75 Å². The van der Waals surface area contributed by atoms with E-state index in [2.05, 4.69) is 20.0 Å². The molecule has 0 spiro atoms. The van der Waals surface area contributed by atoms with E-state index in [0.717, 1.165) is 5.56 Å². The predicted octanol–water partition coefficient (Wildman–Crippen LogP) is 3.85. The van der Waals surface area contributed by atoms with E-state index in [1.54, 1.807) is 31.2 Å². The first-order chi connectivity index (χ1) is 5.49. The molecule has 5 heteroatoms. The minimum Gasteiger partial charge on any atom is -0.414 e. The maximum absolute atomic E-state index is 12.5. The van der Waals surface area contributed by atoms with Crippen LogP contribution >= 0.6 is 21.9 Å². The van der Waals surface area contributed by atoms with Crippen molar-refractivity contribution in [2.75, 3.05) is 0 Å². The molecule has 1 atom stereocenters. The Bertz CT molecular complexity index is 323. The van der Waals surface area contributed by atoms with Crippen LogP contribution in [-0.4, -0.2) is 0 Å². The Balaban J connectivity index is 2.90. The van der Waals surface area contributed by atoms with Crippen molar-refractivity contribution < 1.29 is 13.3 Å². The van der Waals surface area contributed by atoms with Gasteiger partial charge in [-0.1, -0.05) is 18.2 Å². The van der Waals surface area contributed by atoms with Gasteiger partial charge in [0.25, 0.3) is 0 Å². The molecule has 0 amide bonds. The van der Waals surface area contributed by atoms with Gasteiger partial charge in [0.1, 0.15) is 5.75 Å². The zero-order valence-electron chi connectivity index (χ0n) is 6.33. The van der Waals surface area contributed by atoms with Gasteiger partial charge in [-0.2, -0.15) is 0 Å². The van der Waals surface area contributed by atoms with Crippen LogP contribution in [-0.2, 0) is 4.57 Å². The normalized spacial score (nSPS) is 15.2. The molecule has 0 aromatic heterocycles. The van der Waals surface area contributed by atoms with Gasteiger partial charge in [0.15, 0.2) is 0 Å². The summed E-state index contributed by atoms with van der Waals surface area (Å²) in [6, 6.07) is 6.78. The van der Waals surface area contributed by atoms with Crippen LogP contribution in [0.25, 0.3) is 0 Å². The molecule has 0 N–H and O–H groups in total. The van der Waals surface area contributed by atoms with Gasteiger partial charge in [-0.05, 0) is 18.6 Å². The zero-order chi connectivity index (χ0) is 9.19. The monoisotopic (exact) mass is 252 g/mol. The Morgan fingerprint density at radius 1 is 1.50 bits per heavy atom. The van der Waals surface area contributed by atoms with Gasteiger partial charge in [0.2, 0.25) is 0 Å². The molecule has 0 aliphatic rings. The Kier molecular flexibility index (Phi) is 2.91. The van der Waals surface area contributed by atoms with Crippen LogP contribution < -0.4 is 4.52 Å². The number of rotatable bonds is 2. The third kappa shape index (κ3) is 2.95. The van der Waals surface area contributed by atoms with Crippen LogP contribution in [0.5, 0.6) is 5.75 Å². The van der Waals surface area contributed by atoms with Crippen LogP contribution in [0, 0.1) is 6.92 Å². The molecule has 66 valence electrons. The molecule has 1 rings (SSSR count). The highest BCUT2D eigenvalue weighted by molar-refractivity contribution is 9.39. The topological polar surface area (TPSA) is 26.3 Å². The largest absolute Gasteiger partial charge is 0.483 e. The standard InChI is InChI=1S/C7H7BrFO2P/c1-6-4-2-3-5-7(6)11-12(8,9)10/h2-5H,1H3. The van der Waals surface area contributed by atoms with Gasteiger partial charge in [-0.25, -0.2) is 4.57 Å². The number of halogens is 2. The van der Waals surface area contributed by atoms with E-state index in [-0.39, 0.29) is 0 Å². The van der Waals surface area contributed by atoms with E-state index in [1.165, 1.54) is 0 Å². The molecule has 1 unspecified atom stereocenters. The molecule has 0 fully saturated rings. The van der Waals surface area contributed by atoms with Crippen LogP contribution in [0.15, 0.2) is 24.3 Å². The van der Waals surface area contributed by atoms with Crippen molar-refractivity contribution in [1.29, 1.82) is 0 Å². The first-order valence-corrected chi connectivity index (χ1v) is 6.77. The molecule has 0 saturated heterocycles. The van der Waals surface area contributed by atoms with Gasteiger partial charge in [-0.15, -0.1) is 4.20 Å². The molecule has 0 heterocycles. The summed E-state index contributed by atoms with van der Waals surface area (Å²) in [6.07, 6.45) is -4.10. The molecular weight excluding hydrogens is 246 g/mol. The summed E-state index contributed by atoms with van der Waals surface area (Å²) in [5.41, 5.74) is 0.745. The van der Waals surface area contributed by atoms with Gasteiger partial charge in [-0.3, -0.25) is 0 Å².